The van der Waals surface area contributed by atoms with E-state index < -0.39 is 17.8 Å². The summed E-state index contributed by atoms with van der Waals surface area (Å²) in [6.45, 7) is 2.08. The van der Waals surface area contributed by atoms with Crippen LogP contribution < -0.4 is 9.64 Å². The van der Waals surface area contributed by atoms with Gasteiger partial charge >= 0.3 is 12.5 Å². The molecular weight excluding hydrogens is 603 g/mol. The molecule has 3 aromatic carbocycles. The Labute approximate surface area is 253 Å². The van der Waals surface area contributed by atoms with E-state index in [1.54, 1.807) is 24.3 Å². The zero-order valence-corrected chi connectivity index (χ0v) is 24.1. The van der Waals surface area contributed by atoms with E-state index in [1.165, 1.54) is 52.6 Å². The van der Waals surface area contributed by atoms with Crippen molar-refractivity contribution >= 4 is 40.3 Å². The molecular formula is C30H23ClF3N5O3S. The first-order chi connectivity index (χ1) is 20.6. The second kappa shape index (κ2) is 11.8. The largest absolute Gasteiger partial charge is 0.573 e. The van der Waals surface area contributed by atoms with Crippen molar-refractivity contribution in [1.29, 1.82) is 0 Å². The van der Waals surface area contributed by atoms with Crippen molar-refractivity contribution < 1.29 is 27.4 Å². The third-order valence-corrected chi connectivity index (χ3v) is 8.19. The maximum absolute atomic E-state index is 12.6. The highest BCUT2D eigenvalue weighted by Crippen LogP contribution is 2.42. The summed E-state index contributed by atoms with van der Waals surface area (Å²) in [5.74, 6) is 1.09. The van der Waals surface area contributed by atoms with Gasteiger partial charge in [-0.25, -0.2) is 14.5 Å². The van der Waals surface area contributed by atoms with Gasteiger partial charge in [-0.1, -0.05) is 67.2 Å². The predicted octanol–water partition coefficient (Wildman–Crippen LogP) is 7.86. The Morgan fingerprint density at radius 1 is 1.12 bits per heavy atom. The number of thioether (sulfide) groups is 1. The van der Waals surface area contributed by atoms with Crippen LogP contribution in [0.5, 0.6) is 5.75 Å². The summed E-state index contributed by atoms with van der Waals surface area (Å²) in [7, 11) is 0. The second-order valence-corrected chi connectivity index (χ2v) is 11.2. The molecule has 13 heteroatoms. The van der Waals surface area contributed by atoms with Crippen LogP contribution in [0.25, 0.3) is 17.1 Å². The fourth-order valence-corrected chi connectivity index (χ4v) is 6.01. The van der Waals surface area contributed by atoms with Crippen molar-refractivity contribution in [3.8, 4) is 22.8 Å². The average Bonchev–Trinajstić information content (AvgIpc) is 3.64. The molecule has 1 amide bonds. The summed E-state index contributed by atoms with van der Waals surface area (Å²) in [6, 6.07) is 20.5. The minimum absolute atomic E-state index is 0.0710. The number of fused-ring (bicyclic) bond motifs is 3. The number of para-hydroxylation sites is 1. The summed E-state index contributed by atoms with van der Waals surface area (Å²) in [5.41, 5.74) is 5.24. The molecule has 1 aromatic heterocycles. The van der Waals surface area contributed by atoms with Crippen molar-refractivity contribution in [2.45, 2.75) is 24.6 Å². The van der Waals surface area contributed by atoms with Crippen LogP contribution in [0.2, 0.25) is 0 Å². The summed E-state index contributed by atoms with van der Waals surface area (Å²) >= 11 is 8.02. The third-order valence-electron chi connectivity index (χ3n) is 6.84. The quantitative estimate of drug-likeness (QED) is 0.202. The van der Waals surface area contributed by atoms with Gasteiger partial charge in [-0.15, -0.1) is 29.9 Å². The maximum Gasteiger partial charge on any atom is 0.573 e. The zero-order chi connectivity index (χ0) is 30.1. The summed E-state index contributed by atoms with van der Waals surface area (Å²) in [4.78, 5) is 23.1. The first-order valence-corrected chi connectivity index (χ1v) is 14.6. The van der Waals surface area contributed by atoms with Crippen LogP contribution in [0.15, 0.2) is 95.9 Å². The molecule has 0 aliphatic carbocycles. The molecule has 0 spiro atoms. The Bertz CT molecular complexity index is 1710. The number of benzene rings is 3. The number of alkyl halides is 4. The Hall–Kier alpha value is -4.29. The van der Waals surface area contributed by atoms with Crippen molar-refractivity contribution in [2.24, 2.45) is 4.99 Å². The molecule has 3 heterocycles. The molecule has 6 rings (SSSR count). The van der Waals surface area contributed by atoms with Crippen LogP contribution in [0.3, 0.4) is 0 Å². The fourth-order valence-electron chi connectivity index (χ4n) is 4.82. The van der Waals surface area contributed by atoms with Crippen LogP contribution in [0, 0.1) is 0 Å². The predicted molar refractivity (Wildman–Crippen MR) is 159 cm³/mol. The second-order valence-electron chi connectivity index (χ2n) is 9.74. The topological polar surface area (TPSA) is 81.8 Å². The fraction of sp³-hybridized carbons (Fsp3) is 0.200. The molecule has 2 unspecified atom stereocenters. The van der Waals surface area contributed by atoms with Crippen molar-refractivity contribution in [3.63, 3.8) is 0 Å². The molecule has 0 saturated carbocycles. The number of rotatable bonds is 6. The van der Waals surface area contributed by atoms with Gasteiger partial charge in [-0.3, -0.25) is 4.90 Å². The highest BCUT2D eigenvalue weighted by Gasteiger charge is 2.33. The van der Waals surface area contributed by atoms with Gasteiger partial charge in [-0.05, 0) is 41.5 Å². The first kappa shape index (κ1) is 28.8. The van der Waals surface area contributed by atoms with E-state index in [2.05, 4.69) is 38.9 Å². The number of carbonyl (C=O) groups is 1. The van der Waals surface area contributed by atoms with Crippen molar-refractivity contribution in [3.05, 3.63) is 102 Å². The summed E-state index contributed by atoms with van der Waals surface area (Å²) in [6.07, 6.45) is -1.83. The number of ether oxygens (including phenoxy) is 2. The lowest BCUT2D eigenvalue weighted by atomic mass is 9.94. The highest BCUT2D eigenvalue weighted by molar-refractivity contribution is 8.14. The SMILES string of the molecule is CC1C=C2CS/C(=N\C(=O)OCC(Cl)c3ccc(-c4ncn(-c5ccc(OC(F)(F)F)cc5)n4)cc3)N2c2ccccc21. The molecule has 1 fully saturated rings. The maximum atomic E-state index is 12.6. The number of aromatic nitrogens is 3. The van der Waals surface area contributed by atoms with E-state index in [-0.39, 0.29) is 18.3 Å². The normalized spacial score (nSPS) is 17.7. The summed E-state index contributed by atoms with van der Waals surface area (Å²) < 4.78 is 47.9. The van der Waals surface area contributed by atoms with E-state index in [0.29, 0.717) is 22.2 Å². The van der Waals surface area contributed by atoms with Crippen molar-refractivity contribution in [1.82, 2.24) is 14.8 Å². The van der Waals surface area contributed by atoms with E-state index >= 15 is 0 Å². The van der Waals surface area contributed by atoms with Gasteiger partial charge in [0.1, 0.15) is 18.7 Å². The van der Waals surface area contributed by atoms with Gasteiger partial charge in [0.25, 0.3) is 0 Å². The van der Waals surface area contributed by atoms with Crippen LogP contribution in [0.4, 0.5) is 23.7 Å². The minimum Gasteiger partial charge on any atom is -0.446 e. The number of allylic oxidation sites excluding steroid dienone is 1. The Morgan fingerprint density at radius 3 is 2.60 bits per heavy atom. The van der Waals surface area contributed by atoms with Crippen LogP contribution >= 0.6 is 23.4 Å². The molecule has 43 heavy (non-hydrogen) atoms. The number of aliphatic imine (C=N–C) groups is 1. The molecule has 2 aliphatic rings. The number of amides is 1. The van der Waals surface area contributed by atoms with Gasteiger partial charge in [0.05, 0.1) is 16.8 Å². The van der Waals surface area contributed by atoms with E-state index in [4.69, 9.17) is 16.3 Å². The van der Waals surface area contributed by atoms with Gasteiger partial charge in [0, 0.05) is 22.9 Å². The van der Waals surface area contributed by atoms with Crippen molar-refractivity contribution in [2.75, 3.05) is 17.3 Å². The van der Waals surface area contributed by atoms with Crippen LogP contribution in [-0.2, 0) is 4.74 Å². The molecule has 2 atom stereocenters. The molecule has 2 aliphatic heterocycles. The monoisotopic (exact) mass is 625 g/mol. The molecule has 8 nitrogen and oxygen atoms in total. The molecule has 0 N–H and O–H groups in total. The molecule has 220 valence electrons. The van der Waals surface area contributed by atoms with Gasteiger partial charge in [0.2, 0.25) is 0 Å². The lowest BCUT2D eigenvalue weighted by Crippen LogP contribution is -2.27. The Kier molecular flexibility index (Phi) is 7.89. The van der Waals surface area contributed by atoms with E-state index in [1.807, 2.05) is 23.1 Å². The number of hydrogen-bond acceptors (Lipinski definition) is 6. The number of halogens is 4. The Morgan fingerprint density at radius 2 is 1.86 bits per heavy atom. The van der Waals surface area contributed by atoms with E-state index in [9.17, 15) is 18.0 Å². The number of amidine groups is 1. The molecule has 0 radical (unpaired) electrons. The minimum atomic E-state index is -4.76. The lowest BCUT2D eigenvalue weighted by Gasteiger charge is -2.29. The van der Waals surface area contributed by atoms with Crippen LogP contribution in [-0.4, -0.2) is 44.7 Å². The molecule has 4 aromatic rings. The standard InChI is InChI=1S/C30H23ClF3N5O3S/c1-18-14-22-16-43-28(39(22)26-5-3-2-4-24(18)26)36-29(40)41-15-25(31)19-6-8-20(9-7-19)27-35-17-38(37-27)21-10-12-23(13-11-21)42-30(32,33)34/h2-14,17-18,25H,15-16H2,1H3/b36-28-. The first-order valence-electron chi connectivity index (χ1n) is 13.1. The number of anilines is 1. The summed E-state index contributed by atoms with van der Waals surface area (Å²) in [5, 5.41) is 4.37. The number of carbonyl (C=O) groups excluding carboxylic acids is 1. The smallest absolute Gasteiger partial charge is 0.446 e. The van der Waals surface area contributed by atoms with Gasteiger partial charge in [0.15, 0.2) is 11.0 Å². The average molecular weight is 626 g/mol. The number of hydrogen-bond donors (Lipinski definition) is 0. The third kappa shape index (κ3) is 6.40. The number of nitrogens with zero attached hydrogens (tertiary/aromatic N) is 5. The lowest BCUT2D eigenvalue weighted by molar-refractivity contribution is -0.274. The Balaban J connectivity index is 1.06. The zero-order valence-electron chi connectivity index (χ0n) is 22.5. The van der Waals surface area contributed by atoms with Crippen LogP contribution in [0.1, 0.15) is 29.3 Å². The molecule has 1 saturated heterocycles. The van der Waals surface area contributed by atoms with Gasteiger partial charge < -0.3 is 9.47 Å². The van der Waals surface area contributed by atoms with E-state index in [0.717, 1.165) is 22.7 Å². The molecule has 0 bridgehead atoms. The van der Waals surface area contributed by atoms with Gasteiger partial charge in [-0.2, -0.15) is 4.99 Å². The highest BCUT2D eigenvalue weighted by atomic mass is 35.5.